The molecular weight excluding hydrogens is 228 g/mol. The topological polar surface area (TPSA) is 52.8 Å². The maximum Gasteiger partial charge on any atom is 0.239 e. The Morgan fingerprint density at radius 1 is 1.39 bits per heavy atom. The zero-order chi connectivity index (χ0) is 13.5. The Morgan fingerprint density at radius 2 is 2.00 bits per heavy atom. The monoisotopic (exact) mass is 254 g/mol. The minimum atomic E-state index is -0.421. The minimum absolute atomic E-state index is 0.0576. The molecule has 0 bridgehead atoms. The fraction of sp³-hybridized carbons (Fsp3) is 0.769. The molecule has 5 heteroatoms. The standard InChI is InChI=1S/C13H26N4O/c1-4-5-12(14)13(18)17-10-8-16(9-11-17)7-6-15(2)3/h4,12H,1,5-11,14H2,2-3H3. The second-order valence-electron chi connectivity index (χ2n) is 5.10. The van der Waals surface area contributed by atoms with Crippen LogP contribution in [0.25, 0.3) is 0 Å². The summed E-state index contributed by atoms with van der Waals surface area (Å²) in [6.07, 6.45) is 2.26. The third kappa shape index (κ3) is 4.76. The van der Waals surface area contributed by atoms with E-state index < -0.39 is 6.04 Å². The molecule has 1 aliphatic heterocycles. The fourth-order valence-electron chi connectivity index (χ4n) is 2.05. The van der Waals surface area contributed by atoms with E-state index in [4.69, 9.17) is 5.73 Å². The number of amides is 1. The van der Waals surface area contributed by atoms with Gasteiger partial charge in [0.1, 0.15) is 0 Å². The van der Waals surface area contributed by atoms with E-state index in [9.17, 15) is 4.79 Å². The Labute approximate surface area is 110 Å². The van der Waals surface area contributed by atoms with Crippen molar-refractivity contribution in [2.75, 3.05) is 53.4 Å². The first-order chi connectivity index (χ1) is 8.54. The molecule has 0 aliphatic carbocycles. The molecule has 1 fully saturated rings. The van der Waals surface area contributed by atoms with Crippen molar-refractivity contribution in [1.29, 1.82) is 0 Å². The summed E-state index contributed by atoms with van der Waals surface area (Å²) >= 11 is 0. The molecule has 0 aromatic rings. The summed E-state index contributed by atoms with van der Waals surface area (Å²) in [6.45, 7) is 9.21. The highest BCUT2D eigenvalue weighted by Crippen LogP contribution is 2.05. The summed E-state index contributed by atoms with van der Waals surface area (Å²) in [7, 11) is 4.15. The van der Waals surface area contributed by atoms with Gasteiger partial charge >= 0.3 is 0 Å². The predicted molar refractivity (Wildman–Crippen MR) is 74.4 cm³/mol. The quantitative estimate of drug-likeness (QED) is 0.655. The molecule has 0 spiro atoms. The van der Waals surface area contributed by atoms with E-state index >= 15 is 0 Å². The first-order valence-electron chi connectivity index (χ1n) is 6.57. The van der Waals surface area contributed by atoms with Gasteiger partial charge in [0.15, 0.2) is 0 Å². The van der Waals surface area contributed by atoms with Gasteiger partial charge in [0, 0.05) is 39.3 Å². The van der Waals surface area contributed by atoms with Gasteiger partial charge in [-0.05, 0) is 20.5 Å². The van der Waals surface area contributed by atoms with Crippen molar-refractivity contribution in [2.45, 2.75) is 12.5 Å². The molecule has 0 aromatic heterocycles. The molecule has 1 unspecified atom stereocenters. The minimum Gasteiger partial charge on any atom is -0.339 e. The normalized spacial score (nSPS) is 19.0. The number of carbonyl (C=O) groups is 1. The molecule has 1 rings (SSSR count). The van der Waals surface area contributed by atoms with Crippen LogP contribution in [-0.4, -0.2) is 80.0 Å². The van der Waals surface area contributed by atoms with Gasteiger partial charge in [-0.25, -0.2) is 0 Å². The van der Waals surface area contributed by atoms with Gasteiger partial charge in [-0.1, -0.05) is 6.08 Å². The molecule has 1 heterocycles. The van der Waals surface area contributed by atoms with E-state index in [1.165, 1.54) is 0 Å². The second-order valence-corrected chi connectivity index (χ2v) is 5.10. The molecule has 0 radical (unpaired) electrons. The lowest BCUT2D eigenvalue weighted by Gasteiger charge is -2.36. The van der Waals surface area contributed by atoms with Gasteiger partial charge in [0.05, 0.1) is 6.04 Å². The third-order valence-corrected chi connectivity index (χ3v) is 3.29. The molecule has 0 saturated carbocycles. The van der Waals surface area contributed by atoms with E-state index in [1.54, 1.807) is 6.08 Å². The molecule has 1 aliphatic rings. The van der Waals surface area contributed by atoms with Crippen molar-refractivity contribution in [1.82, 2.24) is 14.7 Å². The molecule has 2 N–H and O–H groups in total. The number of likely N-dealkylation sites (N-methyl/N-ethyl adjacent to an activating group) is 1. The first kappa shape index (κ1) is 15.1. The van der Waals surface area contributed by atoms with Crippen molar-refractivity contribution >= 4 is 5.91 Å². The van der Waals surface area contributed by atoms with Crippen LogP contribution >= 0.6 is 0 Å². The lowest BCUT2D eigenvalue weighted by atomic mass is 10.1. The molecular formula is C13H26N4O. The Kier molecular flexibility index (Phi) is 6.32. The average Bonchev–Trinajstić information content (AvgIpc) is 2.36. The van der Waals surface area contributed by atoms with Gasteiger partial charge in [-0.3, -0.25) is 9.69 Å². The molecule has 1 atom stereocenters. The summed E-state index contributed by atoms with van der Waals surface area (Å²) in [5.41, 5.74) is 5.81. The predicted octanol–water partition coefficient (Wildman–Crippen LogP) is -0.404. The molecule has 104 valence electrons. The van der Waals surface area contributed by atoms with Crippen LogP contribution in [-0.2, 0) is 4.79 Å². The van der Waals surface area contributed by atoms with Crippen LogP contribution in [0.3, 0.4) is 0 Å². The summed E-state index contributed by atoms with van der Waals surface area (Å²) in [6, 6.07) is -0.421. The highest BCUT2D eigenvalue weighted by Gasteiger charge is 2.24. The zero-order valence-electron chi connectivity index (χ0n) is 11.6. The molecule has 1 saturated heterocycles. The number of hydrogen-bond acceptors (Lipinski definition) is 4. The summed E-state index contributed by atoms with van der Waals surface area (Å²) < 4.78 is 0. The molecule has 0 aromatic carbocycles. The van der Waals surface area contributed by atoms with Crippen molar-refractivity contribution in [2.24, 2.45) is 5.73 Å². The fourth-order valence-corrected chi connectivity index (χ4v) is 2.05. The van der Waals surface area contributed by atoms with Crippen LogP contribution in [0.5, 0.6) is 0 Å². The highest BCUT2D eigenvalue weighted by molar-refractivity contribution is 5.81. The second kappa shape index (κ2) is 7.51. The summed E-state index contributed by atoms with van der Waals surface area (Å²) in [5, 5.41) is 0. The van der Waals surface area contributed by atoms with Gasteiger partial charge in [-0.15, -0.1) is 6.58 Å². The SMILES string of the molecule is C=CCC(N)C(=O)N1CCN(CCN(C)C)CC1. The smallest absolute Gasteiger partial charge is 0.239 e. The van der Waals surface area contributed by atoms with Crippen LogP contribution < -0.4 is 5.73 Å². The van der Waals surface area contributed by atoms with E-state index in [2.05, 4.69) is 30.5 Å². The Hall–Kier alpha value is -0.910. The number of hydrogen-bond donors (Lipinski definition) is 1. The van der Waals surface area contributed by atoms with Crippen molar-refractivity contribution in [3.8, 4) is 0 Å². The first-order valence-corrected chi connectivity index (χ1v) is 6.57. The maximum atomic E-state index is 12.0. The van der Waals surface area contributed by atoms with Gasteiger partial charge in [0.25, 0.3) is 0 Å². The van der Waals surface area contributed by atoms with Crippen LogP contribution in [0.2, 0.25) is 0 Å². The number of rotatable bonds is 6. The molecule has 18 heavy (non-hydrogen) atoms. The van der Waals surface area contributed by atoms with E-state index in [1.807, 2.05) is 4.90 Å². The number of nitrogens with zero attached hydrogens (tertiary/aromatic N) is 3. The molecule has 1 amide bonds. The summed E-state index contributed by atoms with van der Waals surface area (Å²) in [5.74, 6) is 0.0576. The van der Waals surface area contributed by atoms with Crippen molar-refractivity contribution < 1.29 is 4.79 Å². The van der Waals surface area contributed by atoms with Crippen LogP contribution in [0, 0.1) is 0 Å². The Morgan fingerprint density at radius 3 is 2.50 bits per heavy atom. The van der Waals surface area contributed by atoms with Crippen LogP contribution in [0.15, 0.2) is 12.7 Å². The van der Waals surface area contributed by atoms with Gasteiger partial charge in [-0.2, -0.15) is 0 Å². The third-order valence-electron chi connectivity index (χ3n) is 3.29. The van der Waals surface area contributed by atoms with E-state index in [0.29, 0.717) is 6.42 Å². The van der Waals surface area contributed by atoms with Crippen molar-refractivity contribution in [3.63, 3.8) is 0 Å². The maximum absolute atomic E-state index is 12.0. The molecule has 5 nitrogen and oxygen atoms in total. The average molecular weight is 254 g/mol. The lowest BCUT2D eigenvalue weighted by Crippen LogP contribution is -2.53. The van der Waals surface area contributed by atoms with Crippen LogP contribution in [0.4, 0.5) is 0 Å². The Balaban J connectivity index is 2.30. The number of carbonyl (C=O) groups excluding carboxylic acids is 1. The van der Waals surface area contributed by atoms with Gasteiger partial charge in [0.2, 0.25) is 5.91 Å². The highest BCUT2D eigenvalue weighted by atomic mass is 16.2. The lowest BCUT2D eigenvalue weighted by molar-refractivity contribution is -0.134. The Bertz CT molecular complexity index is 272. The largest absolute Gasteiger partial charge is 0.339 e. The zero-order valence-corrected chi connectivity index (χ0v) is 11.6. The van der Waals surface area contributed by atoms with Crippen molar-refractivity contribution in [3.05, 3.63) is 12.7 Å². The summed E-state index contributed by atoms with van der Waals surface area (Å²) in [4.78, 5) is 18.4. The number of piperazine rings is 1. The number of nitrogens with two attached hydrogens (primary N) is 1. The van der Waals surface area contributed by atoms with Crippen LogP contribution in [0.1, 0.15) is 6.42 Å². The van der Waals surface area contributed by atoms with E-state index in [0.717, 1.165) is 39.3 Å². The van der Waals surface area contributed by atoms with E-state index in [-0.39, 0.29) is 5.91 Å². The van der Waals surface area contributed by atoms with Gasteiger partial charge < -0.3 is 15.5 Å².